The number of ether oxygens (including phenoxy) is 2. The molecule has 2 N–H and O–H groups in total. The molecule has 3 heterocycles. The van der Waals surface area contributed by atoms with Crippen LogP contribution in [0.25, 0.3) is 11.1 Å². The molecular weight excluding hydrogens is 418 g/mol. The monoisotopic (exact) mass is 439 g/mol. The number of benzene rings is 1. The molecule has 4 rings (SSSR count). The summed E-state index contributed by atoms with van der Waals surface area (Å²) in [5, 5.41) is 5.93. The highest BCUT2D eigenvalue weighted by Crippen LogP contribution is 2.17. The predicted octanol–water partition coefficient (Wildman–Crippen LogP) is 0.448. The van der Waals surface area contributed by atoms with E-state index in [1.807, 2.05) is 30.3 Å². The fraction of sp³-hybridized carbons (Fsp3) is 0.333. The molecule has 0 radical (unpaired) electrons. The first-order valence-electron chi connectivity index (χ1n) is 9.95. The van der Waals surface area contributed by atoms with E-state index in [2.05, 4.69) is 25.6 Å². The normalized spacial score (nSPS) is 19.1. The van der Waals surface area contributed by atoms with Crippen LogP contribution in [0.15, 0.2) is 52.1 Å². The Balaban J connectivity index is 1.55. The summed E-state index contributed by atoms with van der Waals surface area (Å²) < 4.78 is 16.0. The van der Waals surface area contributed by atoms with Gasteiger partial charge in [-0.3, -0.25) is 9.59 Å². The van der Waals surface area contributed by atoms with Crippen LogP contribution in [0.3, 0.4) is 0 Å². The smallest absolute Gasteiger partial charge is 0.389 e. The number of ketones is 1. The summed E-state index contributed by atoms with van der Waals surface area (Å²) in [5.41, 5.74) is 0.955. The summed E-state index contributed by atoms with van der Waals surface area (Å²) in [4.78, 5) is 48.6. The van der Waals surface area contributed by atoms with Gasteiger partial charge in [-0.25, -0.2) is 14.8 Å². The Morgan fingerprint density at radius 1 is 1.28 bits per heavy atom. The van der Waals surface area contributed by atoms with E-state index in [-0.39, 0.29) is 37.1 Å². The van der Waals surface area contributed by atoms with Gasteiger partial charge >= 0.3 is 5.76 Å². The van der Waals surface area contributed by atoms with Crippen molar-refractivity contribution in [1.29, 1.82) is 0 Å². The second-order valence-corrected chi connectivity index (χ2v) is 7.24. The van der Waals surface area contributed by atoms with Gasteiger partial charge in [0.05, 0.1) is 24.7 Å². The lowest BCUT2D eigenvalue weighted by Gasteiger charge is -2.22. The molecule has 1 aliphatic rings. The van der Waals surface area contributed by atoms with Gasteiger partial charge in [-0.15, -0.1) is 0 Å². The SMILES string of the molecule is CC1OCC(=O)C1NC(=O)C(COCc1ccccc1)Nc1nc(=O)oc2ncncc12. The van der Waals surface area contributed by atoms with Gasteiger partial charge in [0.15, 0.2) is 5.78 Å². The van der Waals surface area contributed by atoms with Crippen LogP contribution in [0.4, 0.5) is 5.82 Å². The Labute approximate surface area is 182 Å². The second kappa shape index (κ2) is 9.62. The van der Waals surface area contributed by atoms with Crippen LogP contribution in [0.1, 0.15) is 12.5 Å². The van der Waals surface area contributed by atoms with E-state index in [1.54, 1.807) is 6.92 Å². The van der Waals surface area contributed by atoms with Crippen LogP contribution in [0.2, 0.25) is 0 Å². The molecule has 1 aliphatic heterocycles. The number of nitrogens with one attached hydrogen (secondary N) is 2. The maximum absolute atomic E-state index is 13.0. The predicted molar refractivity (Wildman–Crippen MR) is 112 cm³/mol. The molecule has 1 aromatic carbocycles. The van der Waals surface area contributed by atoms with Gasteiger partial charge in [0.2, 0.25) is 11.6 Å². The summed E-state index contributed by atoms with van der Waals surface area (Å²) in [6.45, 7) is 1.85. The van der Waals surface area contributed by atoms with Crippen molar-refractivity contribution < 1.29 is 23.5 Å². The first-order valence-corrected chi connectivity index (χ1v) is 9.95. The molecule has 3 aromatic rings. The molecule has 32 heavy (non-hydrogen) atoms. The van der Waals surface area contributed by atoms with Crippen LogP contribution < -0.4 is 16.4 Å². The number of fused-ring (bicyclic) bond motifs is 1. The zero-order chi connectivity index (χ0) is 22.5. The van der Waals surface area contributed by atoms with Crippen molar-refractivity contribution in [2.75, 3.05) is 18.5 Å². The molecule has 1 fully saturated rings. The van der Waals surface area contributed by atoms with Gasteiger partial charge in [-0.05, 0) is 12.5 Å². The molecule has 0 spiro atoms. The summed E-state index contributed by atoms with van der Waals surface area (Å²) in [6.07, 6.45) is 2.19. The third kappa shape index (κ3) is 4.95. The molecule has 166 valence electrons. The highest BCUT2D eigenvalue weighted by Gasteiger charge is 2.35. The van der Waals surface area contributed by atoms with E-state index in [0.717, 1.165) is 5.56 Å². The van der Waals surface area contributed by atoms with Gasteiger partial charge in [0, 0.05) is 6.20 Å². The zero-order valence-corrected chi connectivity index (χ0v) is 17.2. The third-order valence-electron chi connectivity index (χ3n) is 4.94. The molecule has 11 heteroatoms. The first kappa shape index (κ1) is 21.5. The van der Waals surface area contributed by atoms with E-state index in [9.17, 15) is 14.4 Å². The van der Waals surface area contributed by atoms with Crippen molar-refractivity contribution in [3.63, 3.8) is 0 Å². The molecular formula is C21H21N5O6. The van der Waals surface area contributed by atoms with Crippen LogP contribution in [0, 0.1) is 0 Å². The number of carbonyl (C=O) groups is 2. The summed E-state index contributed by atoms with van der Waals surface area (Å²) in [7, 11) is 0. The quantitative estimate of drug-likeness (QED) is 0.507. The lowest BCUT2D eigenvalue weighted by Crippen LogP contribution is -2.51. The van der Waals surface area contributed by atoms with Crippen molar-refractivity contribution in [1.82, 2.24) is 20.3 Å². The molecule has 1 amide bonds. The van der Waals surface area contributed by atoms with Gasteiger partial charge in [0.25, 0.3) is 0 Å². The maximum atomic E-state index is 13.0. The van der Waals surface area contributed by atoms with Crippen LogP contribution in [-0.4, -0.2) is 58.0 Å². The zero-order valence-electron chi connectivity index (χ0n) is 17.2. The number of anilines is 1. The van der Waals surface area contributed by atoms with Crippen molar-refractivity contribution in [3.8, 4) is 0 Å². The molecule has 0 bridgehead atoms. The van der Waals surface area contributed by atoms with Gasteiger partial charge in [-0.1, -0.05) is 30.3 Å². The first-order chi connectivity index (χ1) is 15.5. The van der Waals surface area contributed by atoms with Crippen LogP contribution in [0.5, 0.6) is 0 Å². The topological polar surface area (TPSA) is 146 Å². The molecule has 3 atom stereocenters. The van der Waals surface area contributed by atoms with Crippen LogP contribution in [-0.2, 0) is 25.7 Å². The van der Waals surface area contributed by atoms with E-state index < -0.39 is 29.9 Å². The summed E-state index contributed by atoms with van der Waals surface area (Å²) >= 11 is 0. The van der Waals surface area contributed by atoms with Crippen molar-refractivity contribution >= 4 is 28.6 Å². The number of rotatable bonds is 8. The number of hydrogen-bond acceptors (Lipinski definition) is 10. The van der Waals surface area contributed by atoms with Gasteiger partial charge in [0.1, 0.15) is 30.8 Å². The number of aromatic nitrogens is 3. The minimum absolute atomic E-state index is 0.0276. The largest absolute Gasteiger partial charge is 0.442 e. The van der Waals surface area contributed by atoms with Gasteiger partial charge in [-0.2, -0.15) is 4.98 Å². The Morgan fingerprint density at radius 2 is 2.09 bits per heavy atom. The molecule has 0 aliphatic carbocycles. The third-order valence-corrected chi connectivity index (χ3v) is 4.94. The van der Waals surface area contributed by atoms with Crippen molar-refractivity contribution in [3.05, 3.63) is 59.0 Å². The fourth-order valence-electron chi connectivity index (χ4n) is 3.26. The Bertz CT molecular complexity index is 1170. The van der Waals surface area contributed by atoms with Gasteiger partial charge < -0.3 is 24.5 Å². The minimum Gasteiger partial charge on any atom is -0.389 e. The Kier molecular flexibility index (Phi) is 6.47. The molecule has 1 saturated heterocycles. The number of nitrogens with zero attached hydrogens (tertiary/aromatic N) is 3. The van der Waals surface area contributed by atoms with E-state index >= 15 is 0 Å². The van der Waals surface area contributed by atoms with E-state index in [0.29, 0.717) is 5.39 Å². The lowest BCUT2D eigenvalue weighted by atomic mass is 10.1. The maximum Gasteiger partial charge on any atom is 0.442 e. The minimum atomic E-state index is -0.975. The standard InChI is InChI=1S/C21H21N5O6/c1-12-17(16(27)10-31-12)25-19(28)15(9-30-8-13-5-3-2-4-6-13)24-18-14-7-22-11-23-20(14)32-21(29)26-18/h2-7,11-12,15,17H,8-10H2,1H3,(H,25,28)(H,24,26,29). The lowest BCUT2D eigenvalue weighted by molar-refractivity contribution is -0.127. The molecule has 2 aromatic heterocycles. The highest BCUT2D eigenvalue weighted by molar-refractivity contribution is 5.95. The molecule has 0 saturated carbocycles. The number of carbonyl (C=O) groups excluding carboxylic acids is 2. The number of Topliss-reactive ketones (excluding diaryl/α,β-unsaturated/α-hetero) is 1. The average molecular weight is 439 g/mol. The van der Waals surface area contributed by atoms with E-state index in [4.69, 9.17) is 13.9 Å². The Hall–Kier alpha value is -3.70. The van der Waals surface area contributed by atoms with Crippen molar-refractivity contribution in [2.45, 2.75) is 31.7 Å². The second-order valence-electron chi connectivity index (χ2n) is 7.24. The average Bonchev–Trinajstić information content (AvgIpc) is 3.11. The molecule has 11 nitrogen and oxygen atoms in total. The molecule has 3 unspecified atom stereocenters. The van der Waals surface area contributed by atoms with Crippen molar-refractivity contribution in [2.24, 2.45) is 0 Å². The Morgan fingerprint density at radius 3 is 2.84 bits per heavy atom. The van der Waals surface area contributed by atoms with E-state index in [1.165, 1.54) is 12.5 Å². The van der Waals surface area contributed by atoms with Crippen LogP contribution >= 0.6 is 0 Å². The number of amides is 1. The highest BCUT2D eigenvalue weighted by atomic mass is 16.5. The fourth-order valence-corrected chi connectivity index (χ4v) is 3.26. The number of hydrogen-bond donors (Lipinski definition) is 2. The summed E-state index contributed by atoms with van der Waals surface area (Å²) in [5.74, 6) is -1.53. The summed E-state index contributed by atoms with van der Waals surface area (Å²) in [6, 6.07) is 7.71.